The number of halogens is 1. The summed E-state index contributed by atoms with van der Waals surface area (Å²) in [7, 11) is 0. The maximum atomic E-state index is 13.3. The first-order chi connectivity index (χ1) is 14.0. The van der Waals surface area contributed by atoms with E-state index in [1.165, 1.54) is 5.56 Å². The zero-order valence-electron chi connectivity index (χ0n) is 16.2. The van der Waals surface area contributed by atoms with E-state index in [4.69, 9.17) is 16.7 Å². The van der Waals surface area contributed by atoms with Gasteiger partial charge >= 0.3 is 6.09 Å². The fraction of sp³-hybridized carbons (Fsp3) is 0.435. The van der Waals surface area contributed by atoms with Gasteiger partial charge in [0, 0.05) is 10.9 Å². The number of ketones is 1. The molecule has 1 aromatic carbocycles. The number of rotatable bonds is 6. The van der Waals surface area contributed by atoms with Crippen molar-refractivity contribution in [3.63, 3.8) is 0 Å². The Morgan fingerprint density at radius 3 is 2.28 bits per heavy atom. The van der Waals surface area contributed by atoms with Gasteiger partial charge in [-0.25, -0.2) is 9.78 Å². The fourth-order valence-corrected chi connectivity index (χ4v) is 4.65. The monoisotopic (exact) mass is 412 g/mol. The van der Waals surface area contributed by atoms with Gasteiger partial charge in [-0.3, -0.25) is 4.79 Å². The fourth-order valence-electron chi connectivity index (χ4n) is 4.36. The van der Waals surface area contributed by atoms with E-state index in [2.05, 4.69) is 16.4 Å². The zero-order chi connectivity index (χ0) is 20.4. The van der Waals surface area contributed by atoms with Gasteiger partial charge in [0.25, 0.3) is 0 Å². The van der Waals surface area contributed by atoms with Crippen LogP contribution in [0.2, 0.25) is 5.02 Å². The van der Waals surface area contributed by atoms with E-state index in [1.807, 2.05) is 30.3 Å². The van der Waals surface area contributed by atoms with Crippen molar-refractivity contribution in [3.8, 4) is 0 Å². The summed E-state index contributed by atoms with van der Waals surface area (Å²) in [5.74, 6) is 0.903. The molecule has 0 unspecified atom stereocenters. The minimum absolute atomic E-state index is 0.0265. The van der Waals surface area contributed by atoms with Crippen LogP contribution in [0, 0.1) is 5.92 Å². The van der Waals surface area contributed by atoms with Crippen LogP contribution in [0.25, 0.3) is 0 Å². The van der Waals surface area contributed by atoms with Crippen LogP contribution in [0.1, 0.15) is 77.7 Å². The van der Waals surface area contributed by atoms with Crippen LogP contribution in [0.3, 0.4) is 0 Å². The summed E-state index contributed by atoms with van der Waals surface area (Å²) < 4.78 is 0. The lowest BCUT2D eigenvalue weighted by molar-refractivity contribution is 0.0877. The van der Waals surface area contributed by atoms with E-state index >= 15 is 0 Å². The highest BCUT2D eigenvalue weighted by molar-refractivity contribution is 6.31. The maximum absolute atomic E-state index is 13.3. The number of nitrogens with one attached hydrogen (secondary N) is 1. The Hall–Kier alpha value is -2.40. The number of aromatic nitrogens is 1. The number of carbonyl (C=O) groups excluding carboxylic acids is 1. The first-order valence-electron chi connectivity index (χ1n) is 10.3. The summed E-state index contributed by atoms with van der Waals surface area (Å²) >= 11 is 6.36. The Morgan fingerprint density at radius 2 is 1.62 bits per heavy atom. The predicted molar refractivity (Wildman–Crippen MR) is 112 cm³/mol. The summed E-state index contributed by atoms with van der Waals surface area (Å²) in [6.07, 6.45) is 4.64. The third kappa shape index (κ3) is 4.61. The third-order valence-electron chi connectivity index (χ3n) is 6.10. The van der Waals surface area contributed by atoms with E-state index in [-0.39, 0.29) is 18.2 Å². The summed E-state index contributed by atoms with van der Waals surface area (Å²) in [6, 6.07) is 11.8. The molecule has 5 nitrogen and oxygen atoms in total. The highest BCUT2D eigenvalue weighted by atomic mass is 35.5. The number of pyridine rings is 1. The number of hydrogen-bond acceptors (Lipinski definition) is 3. The maximum Gasteiger partial charge on any atom is 0.404 e. The van der Waals surface area contributed by atoms with Gasteiger partial charge in [0.15, 0.2) is 5.78 Å². The number of amides is 1. The van der Waals surface area contributed by atoms with Gasteiger partial charge in [0.1, 0.15) is 5.69 Å². The number of hydrogen-bond donors (Lipinski definition) is 2. The zero-order valence-corrected chi connectivity index (χ0v) is 17.0. The average Bonchev–Trinajstić information content (AvgIpc) is 3.57. The van der Waals surface area contributed by atoms with Gasteiger partial charge in [-0.2, -0.15) is 0 Å². The van der Waals surface area contributed by atoms with Crippen LogP contribution < -0.4 is 5.32 Å². The summed E-state index contributed by atoms with van der Waals surface area (Å²) in [4.78, 5) is 28.7. The lowest BCUT2D eigenvalue weighted by atomic mass is 9.76. The lowest BCUT2D eigenvalue weighted by Crippen LogP contribution is -2.25. The van der Waals surface area contributed by atoms with Gasteiger partial charge in [0.2, 0.25) is 0 Å². The first kappa shape index (κ1) is 19.9. The Bertz CT molecular complexity index is 918. The quantitative estimate of drug-likeness (QED) is 0.610. The smallest absolute Gasteiger partial charge is 0.404 e. The second-order valence-corrected chi connectivity index (χ2v) is 8.51. The van der Waals surface area contributed by atoms with E-state index < -0.39 is 6.09 Å². The minimum atomic E-state index is -1.09. The van der Waals surface area contributed by atoms with E-state index in [0.717, 1.165) is 49.1 Å². The molecule has 2 aliphatic rings. The second kappa shape index (κ2) is 8.54. The van der Waals surface area contributed by atoms with Crippen LogP contribution >= 0.6 is 11.6 Å². The highest BCUT2D eigenvalue weighted by Crippen LogP contribution is 2.43. The highest BCUT2D eigenvalue weighted by Gasteiger charge is 2.34. The Balaban J connectivity index is 1.48. The molecule has 29 heavy (non-hydrogen) atoms. The SMILES string of the molecule is O=C(O)NCc1ccc(C2CC2)c(C(=O)C2CCC(c3ccccc3Cl)CC2)n1. The normalized spacial score (nSPS) is 21.6. The molecule has 2 aliphatic carbocycles. The molecule has 1 aromatic heterocycles. The van der Waals surface area contributed by atoms with Gasteiger partial charge < -0.3 is 10.4 Å². The summed E-state index contributed by atoms with van der Waals surface area (Å²) in [6.45, 7) is 0.111. The number of Topliss-reactive ketones (excluding diaryl/α,β-unsaturated/α-hetero) is 1. The predicted octanol–water partition coefficient (Wildman–Crippen LogP) is 5.54. The van der Waals surface area contributed by atoms with Crippen molar-refractivity contribution in [2.24, 2.45) is 5.92 Å². The number of benzene rings is 1. The molecule has 0 radical (unpaired) electrons. The van der Waals surface area contributed by atoms with Crippen LogP contribution in [0.15, 0.2) is 36.4 Å². The van der Waals surface area contributed by atoms with E-state index in [1.54, 1.807) is 0 Å². The molecule has 0 aliphatic heterocycles. The second-order valence-electron chi connectivity index (χ2n) is 8.11. The molecule has 2 fully saturated rings. The Labute approximate surface area is 175 Å². The van der Waals surface area contributed by atoms with Crippen LogP contribution in [-0.2, 0) is 6.54 Å². The van der Waals surface area contributed by atoms with Gasteiger partial charge in [-0.15, -0.1) is 0 Å². The molecule has 0 saturated heterocycles. The molecular formula is C23H25ClN2O3. The van der Waals surface area contributed by atoms with Gasteiger partial charge in [-0.1, -0.05) is 35.9 Å². The molecule has 0 bridgehead atoms. The van der Waals surface area contributed by atoms with Crippen molar-refractivity contribution in [2.45, 2.75) is 56.9 Å². The molecule has 152 valence electrons. The largest absolute Gasteiger partial charge is 0.465 e. The van der Waals surface area contributed by atoms with Crippen molar-refractivity contribution in [2.75, 3.05) is 0 Å². The molecule has 2 N–H and O–H groups in total. The van der Waals surface area contributed by atoms with Gasteiger partial charge in [0.05, 0.1) is 12.2 Å². The summed E-state index contributed by atoms with van der Waals surface area (Å²) in [5.41, 5.74) is 3.35. The molecule has 1 heterocycles. The molecule has 1 amide bonds. The third-order valence-corrected chi connectivity index (χ3v) is 6.44. The van der Waals surface area contributed by atoms with Crippen LogP contribution in [0.5, 0.6) is 0 Å². The van der Waals surface area contributed by atoms with E-state index in [0.29, 0.717) is 23.2 Å². The molecule has 0 spiro atoms. The molecule has 2 aromatic rings. The van der Waals surface area contributed by atoms with Crippen molar-refractivity contribution in [1.29, 1.82) is 0 Å². The molecule has 0 atom stereocenters. The van der Waals surface area contributed by atoms with Crippen LogP contribution in [0.4, 0.5) is 4.79 Å². The van der Waals surface area contributed by atoms with Crippen LogP contribution in [-0.4, -0.2) is 22.0 Å². The molecule has 4 rings (SSSR count). The van der Waals surface area contributed by atoms with Crippen molar-refractivity contribution in [3.05, 3.63) is 63.9 Å². The molecule has 6 heteroatoms. The number of carboxylic acid groups (broad SMARTS) is 1. The number of nitrogens with zero attached hydrogens (tertiary/aromatic N) is 1. The Kier molecular flexibility index (Phi) is 5.86. The number of carbonyl (C=O) groups is 2. The topological polar surface area (TPSA) is 79.3 Å². The summed E-state index contributed by atoms with van der Waals surface area (Å²) in [5, 5.41) is 12.0. The van der Waals surface area contributed by atoms with Crippen molar-refractivity contribution in [1.82, 2.24) is 10.3 Å². The minimum Gasteiger partial charge on any atom is -0.465 e. The first-order valence-corrected chi connectivity index (χ1v) is 10.7. The van der Waals surface area contributed by atoms with Gasteiger partial charge in [-0.05, 0) is 73.6 Å². The van der Waals surface area contributed by atoms with Crippen molar-refractivity contribution >= 4 is 23.5 Å². The molecule has 2 saturated carbocycles. The van der Waals surface area contributed by atoms with E-state index in [9.17, 15) is 9.59 Å². The standard InChI is InChI=1S/C23H25ClN2O3/c24-20-4-2-1-3-18(20)14-7-9-16(10-8-14)22(27)21-19(15-5-6-15)12-11-17(26-21)13-25-23(28)29/h1-4,11-12,14-16,25H,5-10,13H2,(H,28,29). The lowest BCUT2D eigenvalue weighted by Gasteiger charge is -2.28. The Morgan fingerprint density at radius 1 is 0.966 bits per heavy atom. The van der Waals surface area contributed by atoms with Crippen molar-refractivity contribution < 1.29 is 14.7 Å². The molecular weight excluding hydrogens is 388 g/mol. The average molecular weight is 413 g/mol.